The number of fused-ring (bicyclic) bond motifs is 1. The lowest BCUT2D eigenvalue weighted by Gasteiger charge is -2.12. The minimum Gasteiger partial charge on any atom is -0.477 e. The zero-order chi connectivity index (χ0) is 18.2. The summed E-state index contributed by atoms with van der Waals surface area (Å²) in [6.45, 7) is 0. The van der Waals surface area contributed by atoms with Gasteiger partial charge in [0.1, 0.15) is 5.56 Å². The van der Waals surface area contributed by atoms with E-state index in [1.807, 2.05) is 0 Å². The Hall–Kier alpha value is -2.84. The number of carboxylic acid groups (broad SMARTS) is 1. The van der Waals surface area contributed by atoms with E-state index in [4.69, 9.17) is 11.6 Å². The number of sulfonamides is 1. The number of aromatic nitrogens is 1. The van der Waals surface area contributed by atoms with Crippen LogP contribution < -0.4 is 10.3 Å². The van der Waals surface area contributed by atoms with E-state index in [-0.39, 0.29) is 16.1 Å². The van der Waals surface area contributed by atoms with Crippen LogP contribution in [0.1, 0.15) is 10.4 Å². The average Bonchev–Trinajstić information content (AvgIpc) is 2.57. The number of benzene rings is 1. The van der Waals surface area contributed by atoms with Gasteiger partial charge in [-0.25, -0.2) is 13.2 Å². The molecule has 0 aliphatic carbocycles. The first-order valence-corrected chi connectivity index (χ1v) is 8.82. The van der Waals surface area contributed by atoms with Crippen LogP contribution in [0.25, 0.3) is 5.52 Å². The van der Waals surface area contributed by atoms with Crippen molar-refractivity contribution in [2.24, 2.45) is 0 Å². The van der Waals surface area contributed by atoms with Gasteiger partial charge in [-0.2, -0.15) is 0 Å². The number of hydrogen-bond acceptors (Lipinski definition) is 4. The first-order chi connectivity index (χ1) is 11.8. The first kappa shape index (κ1) is 17.0. The van der Waals surface area contributed by atoms with Gasteiger partial charge in [-0.3, -0.25) is 13.9 Å². The molecule has 0 saturated heterocycles. The van der Waals surface area contributed by atoms with E-state index in [9.17, 15) is 23.1 Å². The fourth-order valence-corrected chi connectivity index (χ4v) is 3.49. The van der Waals surface area contributed by atoms with Crippen LogP contribution in [-0.2, 0) is 10.0 Å². The molecule has 7 nitrogen and oxygen atoms in total. The summed E-state index contributed by atoms with van der Waals surface area (Å²) in [4.78, 5) is 23.4. The Kier molecular flexibility index (Phi) is 4.23. The summed E-state index contributed by atoms with van der Waals surface area (Å²) >= 11 is 5.75. The maximum Gasteiger partial charge on any atom is 0.341 e. The van der Waals surface area contributed by atoms with E-state index in [1.54, 1.807) is 6.07 Å². The molecule has 2 aromatic heterocycles. The summed E-state index contributed by atoms with van der Waals surface area (Å²) < 4.78 is 28.5. The number of aromatic carboxylic acids is 1. The van der Waals surface area contributed by atoms with E-state index < -0.39 is 27.1 Å². The van der Waals surface area contributed by atoms with Crippen molar-refractivity contribution in [3.63, 3.8) is 0 Å². The average molecular weight is 379 g/mol. The second-order valence-electron chi connectivity index (χ2n) is 5.10. The summed E-state index contributed by atoms with van der Waals surface area (Å²) in [6, 6.07) is 11.1. The number of hydrogen-bond donors (Lipinski definition) is 2. The molecule has 0 bridgehead atoms. The lowest BCUT2D eigenvalue weighted by Crippen LogP contribution is -2.24. The van der Waals surface area contributed by atoms with Crippen molar-refractivity contribution in [3.8, 4) is 0 Å². The van der Waals surface area contributed by atoms with Gasteiger partial charge in [0, 0.05) is 11.2 Å². The zero-order valence-corrected chi connectivity index (χ0v) is 14.1. The Morgan fingerprint density at radius 3 is 2.44 bits per heavy atom. The molecule has 3 rings (SSSR count). The first-order valence-electron chi connectivity index (χ1n) is 6.96. The number of pyridine rings is 2. The Morgan fingerprint density at radius 2 is 1.80 bits per heavy atom. The molecule has 3 aromatic rings. The van der Waals surface area contributed by atoms with E-state index in [0.29, 0.717) is 5.02 Å². The summed E-state index contributed by atoms with van der Waals surface area (Å²) in [5.74, 6) is -1.45. The molecule has 2 N–H and O–H groups in total. The van der Waals surface area contributed by atoms with Gasteiger partial charge in [0.05, 0.1) is 16.1 Å². The van der Waals surface area contributed by atoms with Gasteiger partial charge in [-0.05, 0) is 42.5 Å². The van der Waals surface area contributed by atoms with Crippen molar-refractivity contribution in [3.05, 3.63) is 75.7 Å². The van der Waals surface area contributed by atoms with Crippen LogP contribution in [0.5, 0.6) is 0 Å². The van der Waals surface area contributed by atoms with Gasteiger partial charge in [-0.1, -0.05) is 17.7 Å². The Morgan fingerprint density at radius 1 is 1.12 bits per heavy atom. The third-order valence-electron chi connectivity index (χ3n) is 3.47. The maximum absolute atomic E-state index is 12.5. The summed E-state index contributed by atoms with van der Waals surface area (Å²) in [6.07, 6.45) is 1.37. The smallest absolute Gasteiger partial charge is 0.341 e. The van der Waals surface area contributed by atoms with E-state index in [1.165, 1.54) is 42.6 Å². The molecule has 0 atom stereocenters. The summed E-state index contributed by atoms with van der Waals surface area (Å²) in [5.41, 5.74) is -1.09. The fourth-order valence-electron chi connectivity index (χ4n) is 2.30. The number of anilines is 1. The molecule has 0 unspecified atom stereocenters. The Bertz CT molecular complexity index is 1140. The van der Waals surface area contributed by atoms with E-state index >= 15 is 0 Å². The van der Waals surface area contributed by atoms with Gasteiger partial charge in [-0.15, -0.1) is 0 Å². The fraction of sp³-hybridized carbons (Fsp3) is 0. The van der Waals surface area contributed by atoms with Gasteiger partial charge in [0.2, 0.25) is 0 Å². The van der Waals surface area contributed by atoms with E-state index in [2.05, 4.69) is 4.72 Å². The number of carboxylic acids is 1. The predicted molar refractivity (Wildman–Crippen MR) is 92.9 cm³/mol. The van der Waals surface area contributed by atoms with Crippen molar-refractivity contribution in [1.82, 2.24) is 4.40 Å². The molecular weight excluding hydrogens is 368 g/mol. The van der Waals surface area contributed by atoms with Gasteiger partial charge >= 0.3 is 5.97 Å². The molecule has 128 valence electrons. The molecule has 0 aliphatic heterocycles. The lowest BCUT2D eigenvalue weighted by molar-refractivity contribution is 0.0695. The molecule has 2 heterocycles. The van der Waals surface area contributed by atoms with Gasteiger partial charge in [0.25, 0.3) is 15.6 Å². The Labute approximate surface area is 147 Å². The minimum absolute atomic E-state index is 0.0208. The molecular formula is C16H11ClN2O5S. The van der Waals surface area contributed by atoms with Crippen molar-refractivity contribution >= 4 is 38.8 Å². The van der Waals surface area contributed by atoms with Crippen molar-refractivity contribution in [2.75, 3.05) is 4.72 Å². The van der Waals surface area contributed by atoms with Crippen LogP contribution in [0.2, 0.25) is 5.02 Å². The molecule has 9 heteroatoms. The topological polar surface area (TPSA) is 105 Å². The minimum atomic E-state index is -3.99. The van der Waals surface area contributed by atoms with Gasteiger partial charge < -0.3 is 5.11 Å². The number of rotatable bonds is 4. The van der Waals surface area contributed by atoms with Crippen LogP contribution in [0, 0.1) is 0 Å². The maximum atomic E-state index is 12.5. The third-order valence-corrected chi connectivity index (χ3v) is 5.11. The monoisotopic (exact) mass is 378 g/mol. The summed E-state index contributed by atoms with van der Waals surface area (Å²) in [5, 5.41) is 9.57. The molecule has 25 heavy (non-hydrogen) atoms. The van der Waals surface area contributed by atoms with Crippen LogP contribution in [0.3, 0.4) is 0 Å². The second kappa shape index (κ2) is 6.23. The van der Waals surface area contributed by atoms with Crippen molar-refractivity contribution in [2.45, 2.75) is 4.90 Å². The molecule has 0 spiro atoms. The SMILES string of the molecule is O=C(O)c1cc(NS(=O)(=O)c2ccc(Cl)cc2)c2ccccn2c1=O. The molecule has 1 aromatic carbocycles. The largest absolute Gasteiger partial charge is 0.477 e. The number of nitrogens with zero attached hydrogens (tertiary/aromatic N) is 1. The predicted octanol–water partition coefficient (Wildman–Crippen LogP) is 2.45. The van der Waals surface area contributed by atoms with Crippen LogP contribution in [0.15, 0.2) is 64.4 Å². The van der Waals surface area contributed by atoms with Crippen LogP contribution in [-0.4, -0.2) is 23.9 Å². The molecule has 0 fully saturated rings. The second-order valence-corrected chi connectivity index (χ2v) is 7.22. The summed E-state index contributed by atoms with van der Waals surface area (Å²) in [7, 11) is -3.99. The number of halogens is 1. The standard InChI is InChI=1S/C16H11ClN2O5S/c17-10-4-6-11(7-5-10)25(23,24)18-13-9-12(16(21)22)15(20)19-8-2-1-3-14(13)19/h1-9,18H,(H,21,22). The zero-order valence-electron chi connectivity index (χ0n) is 12.5. The number of carbonyl (C=O) groups is 1. The highest BCUT2D eigenvalue weighted by molar-refractivity contribution is 7.92. The molecule has 0 saturated carbocycles. The van der Waals surface area contributed by atoms with Gasteiger partial charge in [0.15, 0.2) is 0 Å². The molecule has 0 aliphatic rings. The van der Waals surface area contributed by atoms with Crippen LogP contribution >= 0.6 is 11.6 Å². The highest BCUT2D eigenvalue weighted by Crippen LogP contribution is 2.22. The Balaban J connectivity index is 2.18. The van der Waals surface area contributed by atoms with E-state index in [0.717, 1.165) is 10.5 Å². The quantitative estimate of drug-likeness (QED) is 0.725. The number of nitrogens with one attached hydrogen (secondary N) is 1. The third kappa shape index (κ3) is 3.21. The van der Waals surface area contributed by atoms with Crippen LogP contribution in [0.4, 0.5) is 5.69 Å². The normalized spacial score (nSPS) is 11.4. The highest BCUT2D eigenvalue weighted by Gasteiger charge is 2.19. The molecule has 0 amide bonds. The van der Waals surface area contributed by atoms with Crippen molar-refractivity contribution in [1.29, 1.82) is 0 Å². The lowest BCUT2D eigenvalue weighted by atomic mass is 10.2. The highest BCUT2D eigenvalue weighted by atomic mass is 35.5. The molecule has 0 radical (unpaired) electrons. The van der Waals surface area contributed by atoms with Crippen molar-refractivity contribution < 1.29 is 18.3 Å².